The van der Waals surface area contributed by atoms with Crippen LogP contribution in [0.2, 0.25) is 0 Å². The second kappa shape index (κ2) is 8.11. The highest BCUT2D eigenvalue weighted by molar-refractivity contribution is 7.14. The van der Waals surface area contributed by atoms with Gasteiger partial charge in [0, 0.05) is 11.4 Å². The molecule has 0 aliphatic heterocycles. The van der Waals surface area contributed by atoms with Crippen molar-refractivity contribution in [2.24, 2.45) is 5.10 Å². The number of aromatic nitrogens is 1. The van der Waals surface area contributed by atoms with E-state index in [9.17, 15) is 18.4 Å². The standard InChI is InChI=1S/C14H12F2N4O3S/c1-2-23-13(22)12(11-6-24-14(18-11)17-7-21)20-19-10-4-3-8(15)5-9(10)16/h3-7,19H,2H2,1H3,(H,17,18,21)/b20-12+. The molecule has 0 aliphatic rings. The lowest BCUT2D eigenvalue weighted by atomic mass is 10.3. The molecule has 2 rings (SSSR count). The predicted molar refractivity (Wildman–Crippen MR) is 85.0 cm³/mol. The number of nitrogens with one attached hydrogen (secondary N) is 2. The van der Waals surface area contributed by atoms with Crippen molar-refractivity contribution in [2.45, 2.75) is 6.92 Å². The molecule has 126 valence electrons. The molecule has 1 amide bonds. The van der Waals surface area contributed by atoms with Crippen LogP contribution in [0, 0.1) is 11.6 Å². The molecule has 0 saturated carbocycles. The molecule has 2 N–H and O–H groups in total. The molecule has 0 radical (unpaired) electrons. The minimum absolute atomic E-state index is 0.104. The van der Waals surface area contributed by atoms with Gasteiger partial charge in [0.25, 0.3) is 0 Å². The van der Waals surface area contributed by atoms with Crippen molar-refractivity contribution in [2.75, 3.05) is 17.3 Å². The number of anilines is 2. The molecule has 7 nitrogen and oxygen atoms in total. The Hall–Kier alpha value is -2.88. The van der Waals surface area contributed by atoms with Crippen molar-refractivity contribution in [1.29, 1.82) is 0 Å². The van der Waals surface area contributed by atoms with Crippen molar-refractivity contribution in [3.05, 3.63) is 40.9 Å². The molecule has 0 saturated heterocycles. The number of esters is 1. The first-order valence-electron chi connectivity index (χ1n) is 6.67. The zero-order valence-corrected chi connectivity index (χ0v) is 13.2. The van der Waals surface area contributed by atoms with E-state index in [1.807, 2.05) is 0 Å². The van der Waals surface area contributed by atoms with Crippen molar-refractivity contribution in [1.82, 2.24) is 4.98 Å². The number of thiazole rings is 1. The summed E-state index contributed by atoms with van der Waals surface area (Å²) < 4.78 is 31.4. The third kappa shape index (κ3) is 4.32. The van der Waals surface area contributed by atoms with Gasteiger partial charge in [-0.05, 0) is 19.1 Å². The molecule has 0 bridgehead atoms. The van der Waals surface area contributed by atoms with Crippen LogP contribution in [0.3, 0.4) is 0 Å². The molecule has 0 aliphatic carbocycles. The Bertz CT molecular complexity index is 779. The highest BCUT2D eigenvalue weighted by Crippen LogP contribution is 2.18. The van der Waals surface area contributed by atoms with Gasteiger partial charge in [0.1, 0.15) is 11.5 Å². The van der Waals surface area contributed by atoms with Crippen LogP contribution in [0.15, 0.2) is 28.7 Å². The quantitative estimate of drug-likeness (QED) is 0.345. The van der Waals surface area contributed by atoms with Gasteiger partial charge >= 0.3 is 5.97 Å². The van der Waals surface area contributed by atoms with Crippen LogP contribution >= 0.6 is 11.3 Å². The molecule has 0 atom stereocenters. The molecule has 0 fully saturated rings. The average Bonchev–Trinajstić information content (AvgIpc) is 2.98. The van der Waals surface area contributed by atoms with Crippen LogP contribution < -0.4 is 10.7 Å². The zero-order chi connectivity index (χ0) is 17.5. The van der Waals surface area contributed by atoms with Gasteiger partial charge in [0.05, 0.1) is 12.3 Å². The first-order valence-corrected chi connectivity index (χ1v) is 7.55. The fourth-order valence-corrected chi connectivity index (χ4v) is 2.26. The number of carbonyl (C=O) groups excluding carboxylic acids is 2. The van der Waals surface area contributed by atoms with Gasteiger partial charge in [-0.1, -0.05) is 0 Å². The monoisotopic (exact) mass is 354 g/mol. The molecule has 1 heterocycles. The molecule has 2 aromatic rings. The van der Waals surface area contributed by atoms with Crippen molar-refractivity contribution >= 4 is 40.2 Å². The van der Waals surface area contributed by atoms with E-state index >= 15 is 0 Å². The number of ether oxygens (including phenoxy) is 1. The number of nitrogens with zero attached hydrogens (tertiary/aromatic N) is 2. The smallest absolute Gasteiger partial charge is 0.361 e. The Morgan fingerprint density at radius 3 is 2.92 bits per heavy atom. The summed E-state index contributed by atoms with van der Waals surface area (Å²) in [6, 6.07) is 2.86. The number of amides is 1. The maximum Gasteiger partial charge on any atom is 0.361 e. The van der Waals surface area contributed by atoms with Crippen LogP contribution in [0.1, 0.15) is 12.6 Å². The van der Waals surface area contributed by atoms with Gasteiger partial charge < -0.3 is 10.1 Å². The van der Waals surface area contributed by atoms with E-state index < -0.39 is 17.6 Å². The number of rotatable bonds is 7. The van der Waals surface area contributed by atoms with Gasteiger partial charge in [0.15, 0.2) is 16.7 Å². The molecule has 0 spiro atoms. The van der Waals surface area contributed by atoms with Gasteiger partial charge in [-0.3, -0.25) is 10.2 Å². The van der Waals surface area contributed by atoms with Crippen LogP contribution in [0.4, 0.5) is 19.6 Å². The number of halogens is 2. The van der Waals surface area contributed by atoms with Crippen molar-refractivity contribution < 1.29 is 23.1 Å². The summed E-state index contributed by atoms with van der Waals surface area (Å²) in [4.78, 5) is 26.4. The molecule has 24 heavy (non-hydrogen) atoms. The van der Waals surface area contributed by atoms with Crippen LogP contribution in [-0.2, 0) is 14.3 Å². The van der Waals surface area contributed by atoms with Crippen molar-refractivity contribution in [3.63, 3.8) is 0 Å². The Morgan fingerprint density at radius 2 is 2.25 bits per heavy atom. The van der Waals surface area contributed by atoms with E-state index in [2.05, 4.69) is 20.8 Å². The molecule has 0 unspecified atom stereocenters. The number of hydrogen-bond donors (Lipinski definition) is 2. The zero-order valence-electron chi connectivity index (χ0n) is 12.4. The third-order valence-corrected chi connectivity index (χ3v) is 3.39. The first-order chi connectivity index (χ1) is 11.5. The average molecular weight is 354 g/mol. The highest BCUT2D eigenvalue weighted by atomic mass is 32.1. The molecule has 1 aromatic carbocycles. The molecule has 10 heteroatoms. The summed E-state index contributed by atoms with van der Waals surface area (Å²) in [7, 11) is 0. The van der Waals surface area contributed by atoms with Gasteiger partial charge in [-0.25, -0.2) is 18.6 Å². The first kappa shape index (κ1) is 17.5. The summed E-state index contributed by atoms with van der Waals surface area (Å²) in [5, 5.41) is 7.88. The fourth-order valence-electron chi connectivity index (χ4n) is 1.60. The third-order valence-electron chi connectivity index (χ3n) is 2.62. The Labute approximate surface area is 139 Å². The summed E-state index contributed by atoms with van der Waals surface area (Å²) in [6.07, 6.45) is 0.440. The second-order valence-electron chi connectivity index (χ2n) is 4.22. The Morgan fingerprint density at radius 1 is 1.46 bits per heavy atom. The number of hydrazone groups is 1. The summed E-state index contributed by atoms with van der Waals surface area (Å²) in [6.45, 7) is 1.72. The molecular formula is C14H12F2N4O3S. The normalized spacial score (nSPS) is 11.0. The van der Waals surface area contributed by atoms with E-state index in [4.69, 9.17) is 4.74 Å². The van der Waals surface area contributed by atoms with E-state index in [0.717, 1.165) is 23.5 Å². The van der Waals surface area contributed by atoms with Crippen LogP contribution in [0.25, 0.3) is 0 Å². The lowest BCUT2D eigenvalue weighted by Gasteiger charge is -2.06. The van der Waals surface area contributed by atoms with Gasteiger partial charge in [-0.15, -0.1) is 11.3 Å². The Balaban J connectivity index is 2.30. The number of carbonyl (C=O) groups is 2. The van der Waals surface area contributed by atoms with E-state index in [1.165, 1.54) is 5.38 Å². The molecular weight excluding hydrogens is 342 g/mol. The summed E-state index contributed by atoms with van der Waals surface area (Å²) >= 11 is 1.07. The lowest BCUT2D eigenvalue weighted by molar-refractivity contribution is -0.135. The number of benzene rings is 1. The molecule has 1 aromatic heterocycles. The van der Waals surface area contributed by atoms with E-state index in [0.29, 0.717) is 12.5 Å². The lowest BCUT2D eigenvalue weighted by Crippen LogP contribution is -2.21. The summed E-state index contributed by atoms with van der Waals surface area (Å²) in [5.41, 5.74) is 2.14. The van der Waals surface area contributed by atoms with Crippen molar-refractivity contribution in [3.8, 4) is 0 Å². The van der Waals surface area contributed by atoms with E-state index in [1.54, 1.807) is 6.92 Å². The topological polar surface area (TPSA) is 92.7 Å². The minimum atomic E-state index is -0.872. The van der Waals surface area contributed by atoms with Gasteiger partial charge in [-0.2, -0.15) is 5.10 Å². The maximum atomic E-state index is 13.6. The van der Waals surface area contributed by atoms with Crippen LogP contribution in [0.5, 0.6) is 0 Å². The number of hydrogen-bond acceptors (Lipinski definition) is 7. The minimum Gasteiger partial charge on any atom is -0.461 e. The van der Waals surface area contributed by atoms with Gasteiger partial charge in [0.2, 0.25) is 6.41 Å². The highest BCUT2D eigenvalue weighted by Gasteiger charge is 2.19. The predicted octanol–water partition coefficient (Wildman–Crippen LogP) is 2.37. The second-order valence-corrected chi connectivity index (χ2v) is 5.08. The van der Waals surface area contributed by atoms with E-state index in [-0.39, 0.29) is 28.8 Å². The maximum absolute atomic E-state index is 13.6. The SMILES string of the molecule is CCOC(=O)/C(=N/Nc1ccc(F)cc1F)c1csc(NC=O)n1. The Kier molecular flexibility index (Phi) is 5.90. The van der Waals surface area contributed by atoms with Crippen LogP contribution in [-0.4, -0.2) is 29.7 Å². The summed E-state index contributed by atoms with van der Waals surface area (Å²) in [5.74, 6) is -2.39. The largest absolute Gasteiger partial charge is 0.461 e. The fraction of sp³-hybridized carbons (Fsp3) is 0.143.